The maximum absolute atomic E-state index is 4.57. The van der Waals surface area contributed by atoms with E-state index in [0.717, 1.165) is 37.0 Å². The van der Waals surface area contributed by atoms with Gasteiger partial charge in [0.05, 0.1) is 11.0 Å². The molecular weight excluding hydrogens is 236 g/mol. The summed E-state index contributed by atoms with van der Waals surface area (Å²) in [5, 5.41) is 6.98. The first-order chi connectivity index (χ1) is 9.24. The molecule has 3 rings (SSSR count). The summed E-state index contributed by atoms with van der Waals surface area (Å²) in [6.07, 6.45) is 2.71. The molecule has 1 fully saturated rings. The lowest BCUT2D eigenvalue weighted by molar-refractivity contribution is 0.609. The van der Waals surface area contributed by atoms with Gasteiger partial charge in [-0.3, -0.25) is 0 Å². The van der Waals surface area contributed by atoms with Crippen molar-refractivity contribution in [3.63, 3.8) is 0 Å². The first-order valence-corrected chi connectivity index (χ1v) is 7.10. The van der Waals surface area contributed by atoms with E-state index in [1.165, 1.54) is 23.9 Å². The predicted molar refractivity (Wildman–Crippen MR) is 78.2 cm³/mol. The molecule has 0 unspecified atom stereocenters. The van der Waals surface area contributed by atoms with Crippen LogP contribution in [0.5, 0.6) is 0 Å². The van der Waals surface area contributed by atoms with Crippen molar-refractivity contribution in [3.8, 4) is 0 Å². The van der Waals surface area contributed by atoms with E-state index in [1.54, 1.807) is 0 Å². The third-order valence-corrected chi connectivity index (χ3v) is 3.81. The predicted octanol–water partition coefficient (Wildman–Crippen LogP) is 1.72. The van der Waals surface area contributed by atoms with Gasteiger partial charge in [0, 0.05) is 32.7 Å². The Morgan fingerprint density at radius 1 is 1.32 bits per heavy atom. The molecule has 1 heterocycles. The number of nitrogens with one attached hydrogen (secondary N) is 2. The van der Waals surface area contributed by atoms with E-state index < -0.39 is 0 Å². The first kappa shape index (κ1) is 12.6. The maximum Gasteiger partial charge on any atom is 0.106 e. The van der Waals surface area contributed by atoms with E-state index in [-0.39, 0.29) is 0 Å². The molecule has 19 heavy (non-hydrogen) atoms. The number of imidazole rings is 1. The molecule has 1 saturated carbocycles. The van der Waals surface area contributed by atoms with E-state index in [2.05, 4.69) is 45.4 Å². The number of aryl methyl sites for hydroxylation is 2. The van der Waals surface area contributed by atoms with Crippen molar-refractivity contribution in [3.05, 3.63) is 29.6 Å². The van der Waals surface area contributed by atoms with Gasteiger partial charge in [0.2, 0.25) is 0 Å². The third kappa shape index (κ3) is 2.96. The molecule has 0 bridgehead atoms. The quantitative estimate of drug-likeness (QED) is 0.775. The second kappa shape index (κ2) is 5.31. The highest BCUT2D eigenvalue weighted by molar-refractivity contribution is 5.76. The van der Waals surface area contributed by atoms with Crippen LogP contribution in [-0.2, 0) is 13.6 Å². The van der Waals surface area contributed by atoms with Gasteiger partial charge in [-0.2, -0.15) is 0 Å². The molecule has 4 heteroatoms. The van der Waals surface area contributed by atoms with Crippen LogP contribution in [0.15, 0.2) is 18.2 Å². The topological polar surface area (TPSA) is 41.9 Å². The molecule has 0 saturated heterocycles. The van der Waals surface area contributed by atoms with Gasteiger partial charge in [-0.05, 0) is 37.5 Å². The number of fused-ring (bicyclic) bond motifs is 1. The standard InChI is InChI=1S/C15H22N4/c1-11-18-14-9-12(3-6-15(14)19(11)2)10-16-7-8-17-13-4-5-13/h3,6,9,13,16-17H,4-5,7-8,10H2,1-2H3. The Balaban J connectivity index is 1.55. The summed E-state index contributed by atoms with van der Waals surface area (Å²) in [6.45, 7) is 5.05. The Hall–Kier alpha value is -1.39. The highest BCUT2D eigenvalue weighted by atomic mass is 15.0. The smallest absolute Gasteiger partial charge is 0.106 e. The minimum absolute atomic E-state index is 0.801. The van der Waals surface area contributed by atoms with Crippen molar-refractivity contribution in [2.24, 2.45) is 7.05 Å². The van der Waals surface area contributed by atoms with Crippen molar-refractivity contribution in [1.82, 2.24) is 20.2 Å². The summed E-state index contributed by atoms with van der Waals surface area (Å²) in [5.74, 6) is 1.06. The molecule has 2 N–H and O–H groups in total. The molecule has 0 radical (unpaired) electrons. The Labute approximate surface area is 114 Å². The molecule has 0 aliphatic heterocycles. The fourth-order valence-corrected chi connectivity index (χ4v) is 2.36. The van der Waals surface area contributed by atoms with Crippen LogP contribution in [0.3, 0.4) is 0 Å². The molecule has 1 aliphatic rings. The van der Waals surface area contributed by atoms with Crippen molar-refractivity contribution in [2.45, 2.75) is 32.4 Å². The van der Waals surface area contributed by atoms with Gasteiger partial charge in [-0.15, -0.1) is 0 Å². The molecule has 0 spiro atoms. The van der Waals surface area contributed by atoms with Gasteiger partial charge >= 0.3 is 0 Å². The largest absolute Gasteiger partial charge is 0.331 e. The van der Waals surface area contributed by atoms with E-state index in [0.29, 0.717) is 0 Å². The summed E-state index contributed by atoms with van der Waals surface area (Å²) >= 11 is 0. The number of rotatable bonds is 6. The van der Waals surface area contributed by atoms with Crippen LogP contribution in [-0.4, -0.2) is 28.7 Å². The number of hydrogen-bond acceptors (Lipinski definition) is 3. The average Bonchev–Trinajstić information content (AvgIpc) is 3.17. The van der Waals surface area contributed by atoms with E-state index in [9.17, 15) is 0 Å². The van der Waals surface area contributed by atoms with E-state index in [4.69, 9.17) is 0 Å². The second-order valence-corrected chi connectivity index (χ2v) is 5.45. The number of nitrogens with zero attached hydrogens (tertiary/aromatic N) is 2. The maximum atomic E-state index is 4.57. The first-order valence-electron chi connectivity index (χ1n) is 7.10. The fraction of sp³-hybridized carbons (Fsp3) is 0.533. The number of benzene rings is 1. The summed E-state index contributed by atoms with van der Waals surface area (Å²) in [6, 6.07) is 7.33. The average molecular weight is 258 g/mol. The molecule has 1 aromatic heterocycles. The Morgan fingerprint density at radius 3 is 2.95 bits per heavy atom. The molecule has 2 aromatic rings. The van der Waals surface area contributed by atoms with Crippen LogP contribution >= 0.6 is 0 Å². The Bertz CT molecular complexity index is 569. The molecule has 1 aliphatic carbocycles. The van der Waals surface area contributed by atoms with Crippen LogP contribution in [0.1, 0.15) is 24.2 Å². The van der Waals surface area contributed by atoms with Gasteiger partial charge in [0.15, 0.2) is 0 Å². The van der Waals surface area contributed by atoms with Crippen molar-refractivity contribution >= 4 is 11.0 Å². The fourth-order valence-electron chi connectivity index (χ4n) is 2.36. The summed E-state index contributed by atoms with van der Waals surface area (Å²) in [5.41, 5.74) is 3.60. The highest BCUT2D eigenvalue weighted by Crippen LogP contribution is 2.18. The number of hydrogen-bond donors (Lipinski definition) is 2. The van der Waals surface area contributed by atoms with Crippen molar-refractivity contribution < 1.29 is 0 Å². The molecular formula is C15H22N4. The van der Waals surface area contributed by atoms with Gasteiger partial charge in [-0.1, -0.05) is 6.07 Å². The van der Waals surface area contributed by atoms with Crippen LogP contribution in [0.4, 0.5) is 0 Å². The van der Waals surface area contributed by atoms with Crippen molar-refractivity contribution in [1.29, 1.82) is 0 Å². The zero-order chi connectivity index (χ0) is 13.2. The summed E-state index contributed by atoms with van der Waals surface area (Å²) in [7, 11) is 2.06. The van der Waals surface area contributed by atoms with E-state index in [1.807, 2.05) is 6.92 Å². The van der Waals surface area contributed by atoms with Crippen LogP contribution in [0.2, 0.25) is 0 Å². The summed E-state index contributed by atoms with van der Waals surface area (Å²) < 4.78 is 2.13. The second-order valence-electron chi connectivity index (χ2n) is 5.45. The Morgan fingerprint density at radius 2 is 2.16 bits per heavy atom. The Kier molecular flexibility index (Phi) is 3.53. The number of aromatic nitrogens is 2. The molecule has 102 valence electrons. The third-order valence-electron chi connectivity index (χ3n) is 3.81. The monoisotopic (exact) mass is 258 g/mol. The van der Waals surface area contributed by atoms with Gasteiger partial charge in [0.25, 0.3) is 0 Å². The lowest BCUT2D eigenvalue weighted by atomic mass is 10.2. The normalized spacial score (nSPS) is 15.3. The molecule has 0 amide bonds. The van der Waals surface area contributed by atoms with Crippen LogP contribution in [0.25, 0.3) is 11.0 Å². The molecule has 4 nitrogen and oxygen atoms in total. The van der Waals surface area contributed by atoms with Crippen LogP contribution in [0, 0.1) is 6.92 Å². The molecule has 0 atom stereocenters. The van der Waals surface area contributed by atoms with Crippen molar-refractivity contribution in [2.75, 3.05) is 13.1 Å². The SMILES string of the molecule is Cc1nc2cc(CNCCNC3CC3)ccc2n1C. The minimum Gasteiger partial charge on any atom is -0.331 e. The molecule has 1 aromatic carbocycles. The van der Waals surface area contributed by atoms with Gasteiger partial charge in [0.1, 0.15) is 5.82 Å². The highest BCUT2D eigenvalue weighted by Gasteiger charge is 2.19. The zero-order valence-electron chi connectivity index (χ0n) is 11.7. The van der Waals surface area contributed by atoms with Crippen LogP contribution < -0.4 is 10.6 Å². The zero-order valence-corrected chi connectivity index (χ0v) is 11.7. The van der Waals surface area contributed by atoms with Gasteiger partial charge in [-0.25, -0.2) is 4.98 Å². The lowest BCUT2D eigenvalue weighted by Gasteiger charge is -2.06. The minimum atomic E-state index is 0.801. The summed E-state index contributed by atoms with van der Waals surface area (Å²) in [4.78, 5) is 4.57. The van der Waals surface area contributed by atoms with E-state index >= 15 is 0 Å². The lowest BCUT2D eigenvalue weighted by Crippen LogP contribution is -2.28. The van der Waals surface area contributed by atoms with Gasteiger partial charge < -0.3 is 15.2 Å².